The summed E-state index contributed by atoms with van der Waals surface area (Å²) in [5.74, 6) is 0.711. The standard InChI is InChI=1S/C19H19NO4/c1-4-11-24-17-10-7-15(12-18(17)23-3)19(22)20-16-8-5-14(6-9-16)13(2)21/h4-10,12H,1,11H2,2-3H3,(H,20,22). The van der Waals surface area contributed by atoms with Crippen LogP contribution in [-0.2, 0) is 0 Å². The molecule has 0 atom stereocenters. The van der Waals surface area contributed by atoms with E-state index in [1.165, 1.54) is 14.0 Å². The molecule has 5 nitrogen and oxygen atoms in total. The van der Waals surface area contributed by atoms with Crippen LogP contribution < -0.4 is 14.8 Å². The molecule has 1 N–H and O–H groups in total. The summed E-state index contributed by atoms with van der Waals surface area (Å²) in [6.07, 6.45) is 1.63. The average molecular weight is 325 g/mol. The Labute approximate surface area is 140 Å². The first kappa shape index (κ1) is 17.3. The predicted molar refractivity (Wildman–Crippen MR) is 93.1 cm³/mol. The fourth-order valence-electron chi connectivity index (χ4n) is 2.07. The lowest BCUT2D eigenvalue weighted by Gasteiger charge is -2.11. The number of benzene rings is 2. The van der Waals surface area contributed by atoms with Crippen LogP contribution in [0, 0.1) is 0 Å². The lowest BCUT2D eigenvalue weighted by molar-refractivity contribution is 0.101. The summed E-state index contributed by atoms with van der Waals surface area (Å²) in [5, 5.41) is 2.78. The van der Waals surface area contributed by atoms with Gasteiger partial charge in [0.1, 0.15) is 6.61 Å². The lowest BCUT2D eigenvalue weighted by atomic mass is 10.1. The molecule has 0 aliphatic rings. The summed E-state index contributed by atoms with van der Waals surface area (Å²) < 4.78 is 10.7. The maximum absolute atomic E-state index is 12.3. The minimum atomic E-state index is -0.279. The van der Waals surface area contributed by atoms with Crippen LogP contribution in [0.1, 0.15) is 27.6 Å². The molecule has 0 spiro atoms. The monoisotopic (exact) mass is 325 g/mol. The topological polar surface area (TPSA) is 64.6 Å². The maximum atomic E-state index is 12.3. The van der Waals surface area contributed by atoms with Gasteiger partial charge in [0.15, 0.2) is 17.3 Å². The Morgan fingerprint density at radius 3 is 2.33 bits per heavy atom. The summed E-state index contributed by atoms with van der Waals surface area (Å²) in [6, 6.07) is 11.7. The molecule has 0 fully saturated rings. The van der Waals surface area contributed by atoms with Gasteiger partial charge in [-0.05, 0) is 49.4 Å². The van der Waals surface area contributed by atoms with Crippen molar-refractivity contribution in [3.8, 4) is 11.5 Å². The van der Waals surface area contributed by atoms with Crippen molar-refractivity contribution in [1.82, 2.24) is 0 Å². The number of ketones is 1. The number of nitrogens with one attached hydrogen (secondary N) is 1. The van der Waals surface area contributed by atoms with Crippen molar-refractivity contribution in [2.75, 3.05) is 19.0 Å². The van der Waals surface area contributed by atoms with Gasteiger partial charge in [-0.2, -0.15) is 0 Å². The number of Topliss-reactive ketones (excluding diaryl/α,β-unsaturated/α-hetero) is 1. The van der Waals surface area contributed by atoms with Gasteiger partial charge in [-0.1, -0.05) is 12.7 Å². The van der Waals surface area contributed by atoms with Crippen molar-refractivity contribution in [3.05, 3.63) is 66.2 Å². The SMILES string of the molecule is C=CCOc1ccc(C(=O)Nc2ccc(C(C)=O)cc2)cc1OC. The summed E-state index contributed by atoms with van der Waals surface area (Å²) in [5.41, 5.74) is 1.64. The molecule has 24 heavy (non-hydrogen) atoms. The molecule has 0 saturated carbocycles. The smallest absolute Gasteiger partial charge is 0.255 e. The fraction of sp³-hybridized carbons (Fsp3) is 0.158. The minimum absolute atomic E-state index is 0.0206. The first-order valence-electron chi connectivity index (χ1n) is 7.39. The largest absolute Gasteiger partial charge is 0.493 e. The molecule has 1 amide bonds. The molecule has 0 aliphatic heterocycles. The van der Waals surface area contributed by atoms with Crippen LogP contribution in [0.2, 0.25) is 0 Å². The van der Waals surface area contributed by atoms with Gasteiger partial charge in [-0.25, -0.2) is 0 Å². The van der Waals surface area contributed by atoms with Gasteiger partial charge < -0.3 is 14.8 Å². The van der Waals surface area contributed by atoms with Crippen molar-refractivity contribution >= 4 is 17.4 Å². The van der Waals surface area contributed by atoms with Crippen LogP contribution in [0.4, 0.5) is 5.69 Å². The highest BCUT2D eigenvalue weighted by molar-refractivity contribution is 6.05. The van der Waals surface area contributed by atoms with Gasteiger partial charge in [-0.15, -0.1) is 0 Å². The van der Waals surface area contributed by atoms with Gasteiger partial charge in [0, 0.05) is 16.8 Å². The Morgan fingerprint density at radius 2 is 1.75 bits per heavy atom. The van der Waals surface area contributed by atoms with Crippen LogP contribution >= 0.6 is 0 Å². The van der Waals surface area contributed by atoms with E-state index in [2.05, 4.69) is 11.9 Å². The second-order valence-electron chi connectivity index (χ2n) is 5.05. The molecule has 0 aromatic heterocycles. The third kappa shape index (κ3) is 4.23. The minimum Gasteiger partial charge on any atom is -0.493 e. The Hall–Kier alpha value is -3.08. The van der Waals surface area contributed by atoms with E-state index in [0.717, 1.165) is 0 Å². The van der Waals surface area contributed by atoms with E-state index in [1.54, 1.807) is 48.5 Å². The summed E-state index contributed by atoms with van der Waals surface area (Å²) in [7, 11) is 1.51. The van der Waals surface area contributed by atoms with Crippen molar-refractivity contribution in [2.45, 2.75) is 6.92 Å². The number of rotatable bonds is 7. The number of anilines is 1. The number of amides is 1. The molecule has 0 heterocycles. The normalized spacial score (nSPS) is 9.92. The van der Waals surface area contributed by atoms with E-state index in [-0.39, 0.29) is 11.7 Å². The predicted octanol–water partition coefficient (Wildman–Crippen LogP) is 3.71. The number of hydrogen-bond acceptors (Lipinski definition) is 4. The van der Waals surface area contributed by atoms with Gasteiger partial charge in [0.2, 0.25) is 0 Å². The number of carbonyl (C=O) groups is 2. The quantitative estimate of drug-likeness (QED) is 0.622. The van der Waals surface area contributed by atoms with Crippen LogP contribution in [0.25, 0.3) is 0 Å². The number of methoxy groups -OCH3 is 1. The van der Waals surface area contributed by atoms with Crippen LogP contribution in [-0.4, -0.2) is 25.4 Å². The third-order valence-corrected chi connectivity index (χ3v) is 3.33. The molecule has 0 aliphatic carbocycles. The Kier molecular flexibility index (Phi) is 5.73. The first-order chi connectivity index (χ1) is 11.5. The second-order valence-corrected chi connectivity index (χ2v) is 5.05. The van der Waals surface area contributed by atoms with Gasteiger partial charge >= 0.3 is 0 Å². The zero-order chi connectivity index (χ0) is 17.5. The summed E-state index contributed by atoms with van der Waals surface area (Å²) in [4.78, 5) is 23.6. The average Bonchev–Trinajstić information content (AvgIpc) is 2.60. The van der Waals surface area contributed by atoms with Gasteiger partial charge in [0.25, 0.3) is 5.91 Å². The number of carbonyl (C=O) groups excluding carboxylic acids is 2. The highest BCUT2D eigenvalue weighted by Gasteiger charge is 2.11. The zero-order valence-corrected chi connectivity index (χ0v) is 13.7. The van der Waals surface area contributed by atoms with E-state index in [0.29, 0.717) is 34.9 Å². The van der Waals surface area contributed by atoms with E-state index in [4.69, 9.17) is 9.47 Å². The lowest BCUT2D eigenvalue weighted by Crippen LogP contribution is -2.12. The zero-order valence-electron chi connectivity index (χ0n) is 13.7. The summed E-state index contributed by atoms with van der Waals surface area (Å²) >= 11 is 0. The third-order valence-electron chi connectivity index (χ3n) is 3.33. The van der Waals surface area contributed by atoms with Crippen molar-refractivity contribution in [1.29, 1.82) is 0 Å². The fourth-order valence-corrected chi connectivity index (χ4v) is 2.07. The molecule has 0 bridgehead atoms. The van der Waals surface area contributed by atoms with Crippen LogP contribution in [0.3, 0.4) is 0 Å². The molecule has 2 aromatic rings. The highest BCUT2D eigenvalue weighted by atomic mass is 16.5. The second kappa shape index (κ2) is 7.97. The number of hydrogen-bond donors (Lipinski definition) is 1. The molecule has 2 rings (SSSR count). The van der Waals surface area contributed by atoms with E-state index in [9.17, 15) is 9.59 Å². The van der Waals surface area contributed by atoms with Crippen molar-refractivity contribution in [3.63, 3.8) is 0 Å². The molecular weight excluding hydrogens is 306 g/mol. The Morgan fingerprint density at radius 1 is 1.08 bits per heavy atom. The summed E-state index contributed by atoms with van der Waals surface area (Å²) in [6.45, 7) is 5.44. The van der Waals surface area contributed by atoms with Gasteiger partial charge in [0.05, 0.1) is 7.11 Å². The van der Waals surface area contributed by atoms with Crippen LogP contribution in [0.5, 0.6) is 11.5 Å². The van der Waals surface area contributed by atoms with Crippen molar-refractivity contribution < 1.29 is 19.1 Å². The van der Waals surface area contributed by atoms with E-state index in [1.807, 2.05) is 0 Å². The molecule has 5 heteroatoms. The number of ether oxygens (including phenoxy) is 2. The van der Waals surface area contributed by atoms with E-state index < -0.39 is 0 Å². The van der Waals surface area contributed by atoms with E-state index >= 15 is 0 Å². The highest BCUT2D eigenvalue weighted by Crippen LogP contribution is 2.28. The maximum Gasteiger partial charge on any atom is 0.255 e. The van der Waals surface area contributed by atoms with Crippen LogP contribution in [0.15, 0.2) is 55.1 Å². The molecular formula is C19H19NO4. The molecule has 0 saturated heterocycles. The Bertz CT molecular complexity index is 750. The van der Waals surface area contributed by atoms with Crippen molar-refractivity contribution in [2.24, 2.45) is 0 Å². The van der Waals surface area contributed by atoms with Gasteiger partial charge in [-0.3, -0.25) is 9.59 Å². The molecule has 124 valence electrons. The molecule has 0 radical (unpaired) electrons. The molecule has 0 unspecified atom stereocenters. The molecule has 2 aromatic carbocycles. The Balaban J connectivity index is 2.14. The first-order valence-corrected chi connectivity index (χ1v) is 7.39.